The molecule has 1 unspecified atom stereocenters. The van der Waals surface area contributed by atoms with Crippen LogP contribution in [0.5, 0.6) is 5.75 Å². The van der Waals surface area contributed by atoms with Crippen LogP contribution >= 0.6 is 0 Å². The molecule has 0 bridgehead atoms. The fourth-order valence-corrected chi connectivity index (χ4v) is 3.61. The van der Waals surface area contributed by atoms with Crippen molar-refractivity contribution in [3.8, 4) is 5.75 Å². The number of hydrogen-bond acceptors (Lipinski definition) is 2. The van der Waals surface area contributed by atoms with Gasteiger partial charge >= 0.3 is 0 Å². The minimum absolute atomic E-state index is 0.206. The summed E-state index contributed by atoms with van der Waals surface area (Å²) < 4.78 is 19.5. The van der Waals surface area contributed by atoms with Crippen molar-refractivity contribution in [1.82, 2.24) is 5.32 Å². The van der Waals surface area contributed by atoms with Crippen molar-refractivity contribution in [2.24, 2.45) is 5.41 Å². The van der Waals surface area contributed by atoms with Gasteiger partial charge in [0.1, 0.15) is 0 Å². The van der Waals surface area contributed by atoms with Crippen molar-refractivity contribution < 1.29 is 9.13 Å². The number of hydrogen-bond donors (Lipinski definition) is 1. The Balaban J connectivity index is 2.20. The summed E-state index contributed by atoms with van der Waals surface area (Å²) in [7, 11) is 1.52. The molecule has 1 aliphatic rings. The van der Waals surface area contributed by atoms with Crippen molar-refractivity contribution in [2.45, 2.75) is 58.4 Å². The predicted molar refractivity (Wildman–Crippen MR) is 85.3 cm³/mol. The Morgan fingerprint density at radius 3 is 2.62 bits per heavy atom. The summed E-state index contributed by atoms with van der Waals surface area (Å²) in [5.41, 5.74) is 1.02. The first-order valence-corrected chi connectivity index (χ1v) is 8.15. The lowest BCUT2D eigenvalue weighted by atomic mass is 9.69. The molecule has 0 saturated heterocycles. The van der Waals surface area contributed by atoms with E-state index in [0.717, 1.165) is 18.5 Å². The molecule has 2 nitrogen and oxygen atoms in total. The Morgan fingerprint density at radius 1 is 1.29 bits per heavy atom. The van der Waals surface area contributed by atoms with Gasteiger partial charge in [-0.2, -0.15) is 0 Å². The topological polar surface area (TPSA) is 21.3 Å². The van der Waals surface area contributed by atoms with Gasteiger partial charge in [0.2, 0.25) is 0 Å². The van der Waals surface area contributed by atoms with E-state index in [4.69, 9.17) is 4.74 Å². The van der Waals surface area contributed by atoms with Crippen LogP contribution in [0.25, 0.3) is 0 Å². The lowest BCUT2D eigenvalue weighted by Gasteiger charge is -2.41. The minimum Gasteiger partial charge on any atom is -0.494 e. The highest BCUT2D eigenvalue weighted by molar-refractivity contribution is 5.31. The van der Waals surface area contributed by atoms with Crippen molar-refractivity contribution >= 4 is 0 Å². The van der Waals surface area contributed by atoms with Crippen LogP contribution in [0.1, 0.15) is 51.5 Å². The molecule has 1 aromatic rings. The highest BCUT2D eigenvalue weighted by Crippen LogP contribution is 2.40. The molecule has 1 aromatic carbocycles. The third-order valence-corrected chi connectivity index (χ3v) is 4.97. The number of halogens is 1. The monoisotopic (exact) mass is 293 g/mol. The molecule has 0 heterocycles. The van der Waals surface area contributed by atoms with Gasteiger partial charge in [0.05, 0.1) is 7.11 Å². The summed E-state index contributed by atoms with van der Waals surface area (Å²) in [6, 6.07) is 5.77. The van der Waals surface area contributed by atoms with E-state index in [2.05, 4.69) is 19.2 Å². The van der Waals surface area contributed by atoms with Crippen molar-refractivity contribution in [3.05, 3.63) is 29.6 Å². The Bertz CT molecular complexity index is 455. The molecule has 2 rings (SSSR count). The molecule has 1 fully saturated rings. The lowest BCUT2D eigenvalue weighted by molar-refractivity contribution is 0.144. The third kappa shape index (κ3) is 3.76. The van der Waals surface area contributed by atoms with Gasteiger partial charge in [-0.1, -0.05) is 45.2 Å². The van der Waals surface area contributed by atoms with E-state index in [1.165, 1.54) is 39.2 Å². The van der Waals surface area contributed by atoms with Crippen LogP contribution in [0, 0.1) is 11.2 Å². The number of rotatable bonds is 6. The molecule has 3 heteroatoms. The van der Waals surface area contributed by atoms with E-state index in [-0.39, 0.29) is 11.2 Å². The highest BCUT2D eigenvalue weighted by Gasteiger charge is 2.35. The van der Waals surface area contributed by atoms with Gasteiger partial charge in [-0.25, -0.2) is 4.39 Å². The Kier molecular flexibility index (Phi) is 5.63. The van der Waals surface area contributed by atoms with Gasteiger partial charge in [-0.3, -0.25) is 0 Å². The highest BCUT2D eigenvalue weighted by atomic mass is 19.1. The zero-order valence-electron chi connectivity index (χ0n) is 13.5. The van der Waals surface area contributed by atoms with E-state index in [9.17, 15) is 4.39 Å². The van der Waals surface area contributed by atoms with Gasteiger partial charge < -0.3 is 10.1 Å². The molecule has 1 aliphatic carbocycles. The molecule has 21 heavy (non-hydrogen) atoms. The zero-order chi connectivity index (χ0) is 15.3. The summed E-state index contributed by atoms with van der Waals surface area (Å²) in [4.78, 5) is 0. The third-order valence-electron chi connectivity index (χ3n) is 4.97. The molecule has 0 spiro atoms. The molecule has 0 aliphatic heterocycles. The maximum Gasteiger partial charge on any atom is 0.168 e. The first kappa shape index (κ1) is 16.3. The summed E-state index contributed by atoms with van der Waals surface area (Å²) in [6.07, 6.45) is 7.11. The summed E-state index contributed by atoms with van der Waals surface area (Å²) in [5, 5.41) is 3.60. The van der Waals surface area contributed by atoms with Crippen LogP contribution in [-0.4, -0.2) is 19.7 Å². The van der Waals surface area contributed by atoms with E-state index < -0.39 is 0 Å². The van der Waals surface area contributed by atoms with E-state index in [1.807, 2.05) is 12.1 Å². The molecule has 1 N–H and O–H groups in total. The van der Waals surface area contributed by atoms with E-state index in [0.29, 0.717) is 11.8 Å². The van der Waals surface area contributed by atoms with Crippen LogP contribution < -0.4 is 10.1 Å². The standard InChI is InChI=1S/C18H28FNO/c1-4-20-16(18(2)11-6-5-7-12-18)13-14-9-8-10-15(21-3)17(14)19/h8-10,16,20H,4-7,11-13H2,1-3H3. The number of nitrogens with one attached hydrogen (secondary N) is 1. The Labute approximate surface area is 128 Å². The molecule has 118 valence electrons. The fraction of sp³-hybridized carbons (Fsp3) is 0.667. The lowest BCUT2D eigenvalue weighted by Crippen LogP contribution is -2.46. The normalized spacial score (nSPS) is 19.2. The fourth-order valence-electron chi connectivity index (χ4n) is 3.61. The van der Waals surface area contributed by atoms with Crippen LogP contribution in [0.15, 0.2) is 18.2 Å². The van der Waals surface area contributed by atoms with Crippen LogP contribution in [0.3, 0.4) is 0 Å². The number of methoxy groups -OCH3 is 1. The van der Waals surface area contributed by atoms with Crippen molar-refractivity contribution in [2.75, 3.05) is 13.7 Å². The molecule has 1 saturated carbocycles. The average molecular weight is 293 g/mol. The van der Waals surface area contributed by atoms with E-state index >= 15 is 0 Å². The number of ether oxygens (including phenoxy) is 1. The summed E-state index contributed by atoms with van der Waals surface area (Å²) in [5.74, 6) is 0.138. The maximum absolute atomic E-state index is 14.4. The van der Waals surface area contributed by atoms with Gasteiger partial charge in [-0.05, 0) is 42.9 Å². The Hall–Kier alpha value is -1.09. The average Bonchev–Trinajstić information content (AvgIpc) is 2.49. The molecular formula is C18H28FNO. The van der Waals surface area contributed by atoms with Gasteiger partial charge in [0.15, 0.2) is 11.6 Å². The van der Waals surface area contributed by atoms with Gasteiger partial charge in [0, 0.05) is 6.04 Å². The second-order valence-corrected chi connectivity index (χ2v) is 6.46. The summed E-state index contributed by atoms with van der Waals surface area (Å²) in [6.45, 7) is 5.41. The first-order chi connectivity index (χ1) is 10.1. The van der Waals surface area contributed by atoms with Gasteiger partial charge in [0.25, 0.3) is 0 Å². The molecule has 0 amide bonds. The van der Waals surface area contributed by atoms with Crippen LogP contribution in [-0.2, 0) is 6.42 Å². The first-order valence-electron chi connectivity index (χ1n) is 8.15. The smallest absolute Gasteiger partial charge is 0.168 e. The Morgan fingerprint density at radius 2 is 2.00 bits per heavy atom. The largest absolute Gasteiger partial charge is 0.494 e. The number of likely N-dealkylation sites (N-methyl/N-ethyl adjacent to an activating group) is 1. The molecule has 0 aromatic heterocycles. The quantitative estimate of drug-likeness (QED) is 0.843. The van der Waals surface area contributed by atoms with Gasteiger partial charge in [-0.15, -0.1) is 0 Å². The maximum atomic E-state index is 14.4. The predicted octanol–water partition coefficient (Wildman–Crippen LogP) is 4.33. The SMILES string of the molecule is CCNC(Cc1cccc(OC)c1F)C1(C)CCCCC1. The molecule has 0 radical (unpaired) electrons. The zero-order valence-corrected chi connectivity index (χ0v) is 13.5. The van der Waals surface area contributed by atoms with E-state index in [1.54, 1.807) is 6.07 Å². The van der Waals surface area contributed by atoms with Crippen LogP contribution in [0.2, 0.25) is 0 Å². The molecule has 1 atom stereocenters. The van der Waals surface area contributed by atoms with Crippen LogP contribution in [0.4, 0.5) is 4.39 Å². The van der Waals surface area contributed by atoms with Crippen molar-refractivity contribution in [3.63, 3.8) is 0 Å². The summed E-state index contributed by atoms with van der Waals surface area (Å²) >= 11 is 0. The second kappa shape index (κ2) is 7.26. The minimum atomic E-state index is -0.206. The second-order valence-electron chi connectivity index (χ2n) is 6.46. The van der Waals surface area contributed by atoms with Crippen molar-refractivity contribution in [1.29, 1.82) is 0 Å². The number of benzene rings is 1. The molecular weight excluding hydrogens is 265 g/mol.